The molecule has 1 saturated heterocycles. The van der Waals surface area contributed by atoms with E-state index in [0.29, 0.717) is 19.5 Å². The minimum atomic E-state index is -0.0715. The molecule has 1 atom stereocenters. The first kappa shape index (κ1) is 24.5. The van der Waals surface area contributed by atoms with Crippen LogP contribution in [-0.4, -0.2) is 66.3 Å². The number of benzene rings is 1. The zero-order chi connectivity index (χ0) is 25.2. The number of hydrogen-bond acceptors (Lipinski definition) is 6. The van der Waals surface area contributed by atoms with E-state index in [1.165, 1.54) is 23.5 Å². The number of hydrogen-bond donors (Lipinski definition) is 1. The lowest BCUT2D eigenvalue weighted by Crippen LogP contribution is -2.50. The molecule has 0 radical (unpaired) electrons. The third-order valence-electron chi connectivity index (χ3n) is 7.09. The van der Waals surface area contributed by atoms with Crippen LogP contribution in [-0.2, 0) is 24.1 Å². The normalized spacial score (nSPS) is 17.6. The van der Waals surface area contributed by atoms with Gasteiger partial charge in [-0.05, 0) is 57.6 Å². The van der Waals surface area contributed by atoms with Crippen molar-refractivity contribution in [2.75, 3.05) is 40.4 Å². The highest BCUT2D eigenvalue weighted by atomic mass is 79.9. The monoisotopic (exact) mass is 553 g/mol. The average molecular weight is 554 g/mol. The Bertz CT molecular complexity index is 1260. The third kappa shape index (κ3) is 4.90. The van der Waals surface area contributed by atoms with Crippen molar-refractivity contribution >= 4 is 21.8 Å². The number of halogens is 1. The molecule has 1 aromatic carbocycles. The molecule has 2 aromatic heterocycles. The molecule has 1 N–H and O–H groups in total. The van der Waals surface area contributed by atoms with Crippen LogP contribution in [0.5, 0.6) is 11.5 Å². The number of aryl methyl sites for hydroxylation is 2. The Morgan fingerprint density at radius 3 is 2.50 bits per heavy atom. The molecule has 188 valence electrons. The number of ether oxygens (including phenoxy) is 2. The topological polar surface area (TPSA) is 79.0 Å². The van der Waals surface area contributed by atoms with Gasteiger partial charge >= 0.3 is 0 Å². The van der Waals surface area contributed by atoms with E-state index in [9.17, 15) is 10.0 Å². The van der Waals surface area contributed by atoms with E-state index in [-0.39, 0.29) is 11.9 Å². The van der Waals surface area contributed by atoms with Gasteiger partial charge < -0.3 is 14.4 Å². The van der Waals surface area contributed by atoms with Gasteiger partial charge in [-0.25, -0.2) is 0 Å². The molecule has 0 saturated carbocycles. The van der Waals surface area contributed by atoms with Crippen LogP contribution in [0.2, 0.25) is 0 Å². The molecule has 1 amide bonds. The van der Waals surface area contributed by atoms with Crippen LogP contribution < -0.4 is 14.2 Å². The number of methoxy groups -OCH3 is 2. The minimum absolute atomic E-state index is 0.0715. The fourth-order valence-electron chi connectivity index (χ4n) is 5.24. The standard InChI is InChI=1S/C27H30BrN4O4/c1-35-22-15-19-3-4-20-14-21(28)17-29-26(20)27(25(19)23(16-22)36-2)31-11-9-30(10-12-31)24(33)13-18-5-7-32(34)8-6-18/h5-8,14-17,27,34H,3-4,9-13H2,1-2H3/q+1. The Hall–Kier alpha value is -3.17. The van der Waals surface area contributed by atoms with Crippen LogP contribution in [0.4, 0.5) is 0 Å². The Morgan fingerprint density at radius 1 is 1.08 bits per heavy atom. The van der Waals surface area contributed by atoms with Gasteiger partial charge in [-0.1, -0.05) is 0 Å². The summed E-state index contributed by atoms with van der Waals surface area (Å²) in [6.07, 6.45) is 7.00. The Balaban J connectivity index is 1.43. The summed E-state index contributed by atoms with van der Waals surface area (Å²) < 4.78 is 13.4. The fourth-order valence-corrected chi connectivity index (χ4v) is 5.62. The van der Waals surface area contributed by atoms with Crippen LogP contribution in [0.25, 0.3) is 0 Å². The van der Waals surface area contributed by atoms with E-state index in [4.69, 9.17) is 14.5 Å². The van der Waals surface area contributed by atoms with Crippen molar-refractivity contribution < 1.29 is 24.2 Å². The van der Waals surface area contributed by atoms with Crippen molar-refractivity contribution in [3.05, 3.63) is 81.3 Å². The van der Waals surface area contributed by atoms with Crippen molar-refractivity contribution in [2.45, 2.75) is 25.3 Å². The van der Waals surface area contributed by atoms with Crippen LogP contribution in [0, 0.1) is 0 Å². The van der Waals surface area contributed by atoms with Crippen molar-refractivity contribution in [1.29, 1.82) is 0 Å². The number of nitrogens with zero attached hydrogens (tertiary/aromatic N) is 4. The van der Waals surface area contributed by atoms with Gasteiger partial charge in [0.25, 0.3) is 0 Å². The van der Waals surface area contributed by atoms with Crippen molar-refractivity contribution in [3.8, 4) is 11.5 Å². The van der Waals surface area contributed by atoms with Crippen molar-refractivity contribution in [1.82, 2.24) is 14.8 Å². The first-order valence-corrected chi connectivity index (χ1v) is 12.9. The smallest absolute Gasteiger partial charge is 0.227 e. The summed E-state index contributed by atoms with van der Waals surface area (Å²) in [6.45, 7) is 2.74. The molecule has 0 bridgehead atoms. The number of carbonyl (C=O) groups excluding carboxylic acids is 1. The number of pyridine rings is 2. The highest BCUT2D eigenvalue weighted by Gasteiger charge is 2.35. The molecule has 5 rings (SSSR count). The van der Waals surface area contributed by atoms with Crippen molar-refractivity contribution in [2.24, 2.45) is 0 Å². The van der Waals surface area contributed by atoms with Crippen LogP contribution in [0.1, 0.15) is 34.0 Å². The van der Waals surface area contributed by atoms with Gasteiger partial charge in [0.05, 0.1) is 32.4 Å². The first-order valence-electron chi connectivity index (χ1n) is 12.1. The van der Waals surface area contributed by atoms with Gasteiger partial charge in [-0.3, -0.25) is 19.9 Å². The molecule has 3 heterocycles. The summed E-state index contributed by atoms with van der Waals surface area (Å²) in [4.78, 5) is 22.2. The zero-order valence-electron chi connectivity index (χ0n) is 20.5. The van der Waals surface area contributed by atoms with E-state index >= 15 is 0 Å². The van der Waals surface area contributed by atoms with E-state index < -0.39 is 0 Å². The number of piperazine rings is 1. The summed E-state index contributed by atoms with van der Waals surface area (Å²) in [6, 6.07) is 9.68. The number of amides is 1. The predicted octanol–water partition coefficient (Wildman–Crippen LogP) is 2.96. The summed E-state index contributed by atoms with van der Waals surface area (Å²) in [7, 11) is 3.38. The van der Waals surface area contributed by atoms with E-state index in [1.807, 2.05) is 17.2 Å². The van der Waals surface area contributed by atoms with E-state index in [0.717, 1.165) is 63.5 Å². The highest BCUT2D eigenvalue weighted by molar-refractivity contribution is 9.10. The SMILES string of the molecule is COc1cc2c(c(OC)c1)C(N1CCN(C(=O)Cc3cc[n+](O)cc3)CC1)c1ncc(Br)cc1CC2. The molecular weight excluding hydrogens is 524 g/mol. The number of aromatic nitrogens is 2. The van der Waals surface area contributed by atoms with Crippen LogP contribution >= 0.6 is 15.9 Å². The van der Waals surface area contributed by atoms with Gasteiger partial charge in [0.15, 0.2) is 0 Å². The quantitative estimate of drug-likeness (QED) is 0.386. The summed E-state index contributed by atoms with van der Waals surface area (Å²) in [5, 5.41) is 9.43. The highest BCUT2D eigenvalue weighted by Crippen LogP contribution is 2.43. The zero-order valence-corrected chi connectivity index (χ0v) is 22.1. The predicted molar refractivity (Wildman–Crippen MR) is 136 cm³/mol. The Morgan fingerprint density at radius 2 is 1.81 bits per heavy atom. The van der Waals surface area contributed by atoms with Gasteiger partial charge in [-0.2, -0.15) is 0 Å². The molecule has 0 spiro atoms. The molecule has 2 aliphatic rings. The minimum Gasteiger partial charge on any atom is -0.497 e. The lowest BCUT2D eigenvalue weighted by molar-refractivity contribution is -0.904. The largest absolute Gasteiger partial charge is 0.497 e. The second-order valence-electron chi connectivity index (χ2n) is 9.18. The molecule has 1 aliphatic heterocycles. The average Bonchev–Trinajstić information content (AvgIpc) is 3.06. The Labute approximate surface area is 219 Å². The molecule has 9 heteroatoms. The molecule has 1 unspecified atom stereocenters. The van der Waals surface area contributed by atoms with Gasteiger partial charge in [0, 0.05) is 65.3 Å². The molecule has 8 nitrogen and oxygen atoms in total. The summed E-state index contributed by atoms with van der Waals surface area (Å²) in [5.74, 6) is 1.68. The second kappa shape index (κ2) is 10.4. The molecular formula is C27H30BrN4O4+. The summed E-state index contributed by atoms with van der Waals surface area (Å²) in [5.41, 5.74) is 5.48. The second-order valence-corrected chi connectivity index (χ2v) is 10.1. The number of rotatable bonds is 5. The first-order chi connectivity index (χ1) is 17.5. The number of fused-ring (bicyclic) bond motifs is 2. The molecule has 1 fully saturated rings. The van der Waals surface area contributed by atoms with E-state index in [1.54, 1.807) is 26.4 Å². The molecule has 1 aliphatic carbocycles. The van der Waals surface area contributed by atoms with Gasteiger partial charge in [-0.15, -0.1) is 0 Å². The van der Waals surface area contributed by atoms with Gasteiger partial charge in [0.2, 0.25) is 18.3 Å². The maximum Gasteiger partial charge on any atom is 0.227 e. The van der Waals surface area contributed by atoms with Gasteiger partial charge in [0.1, 0.15) is 11.5 Å². The van der Waals surface area contributed by atoms with Crippen molar-refractivity contribution in [3.63, 3.8) is 0 Å². The molecule has 3 aromatic rings. The fraction of sp³-hybridized carbons (Fsp3) is 0.370. The van der Waals surface area contributed by atoms with Crippen LogP contribution in [0.15, 0.2) is 53.4 Å². The van der Waals surface area contributed by atoms with Crippen LogP contribution in [0.3, 0.4) is 0 Å². The lowest BCUT2D eigenvalue weighted by Gasteiger charge is -2.40. The maximum atomic E-state index is 13.0. The number of carbonyl (C=O) groups is 1. The third-order valence-corrected chi connectivity index (χ3v) is 7.52. The maximum absolute atomic E-state index is 13.0. The molecule has 36 heavy (non-hydrogen) atoms. The summed E-state index contributed by atoms with van der Waals surface area (Å²) >= 11 is 3.59. The van der Waals surface area contributed by atoms with E-state index in [2.05, 4.69) is 33.0 Å². The lowest BCUT2D eigenvalue weighted by atomic mass is 9.94. The Kier molecular flexibility index (Phi) is 7.11.